The smallest absolute Gasteiger partial charge is 0.191 e. The lowest BCUT2D eigenvalue weighted by Crippen LogP contribution is -2.40. The van der Waals surface area contributed by atoms with Gasteiger partial charge >= 0.3 is 0 Å². The van der Waals surface area contributed by atoms with E-state index in [2.05, 4.69) is 63.8 Å². The Morgan fingerprint density at radius 1 is 1.11 bits per heavy atom. The van der Waals surface area contributed by atoms with Crippen molar-refractivity contribution in [3.63, 3.8) is 0 Å². The van der Waals surface area contributed by atoms with Gasteiger partial charge in [-0.1, -0.05) is 36.4 Å². The number of aryl methyl sites for hydroxylation is 1. The molecule has 2 aromatic carbocycles. The Labute approximate surface area is 166 Å². The first-order valence-corrected chi connectivity index (χ1v) is 9.96. The quantitative estimate of drug-likeness (QED) is 0.523. The SMILES string of the molecule is CN=C(NCc1oc2ccccc2c1C)NCC1CCN(c2ccccc2)C1. The van der Waals surface area contributed by atoms with Gasteiger partial charge in [-0.2, -0.15) is 0 Å². The van der Waals surface area contributed by atoms with Crippen LogP contribution in [-0.4, -0.2) is 32.6 Å². The molecule has 0 amide bonds. The van der Waals surface area contributed by atoms with Gasteiger partial charge in [0.2, 0.25) is 0 Å². The van der Waals surface area contributed by atoms with E-state index in [1.54, 1.807) is 0 Å². The van der Waals surface area contributed by atoms with Crippen molar-refractivity contribution in [2.24, 2.45) is 10.9 Å². The topological polar surface area (TPSA) is 52.8 Å². The van der Waals surface area contributed by atoms with Crippen LogP contribution in [0.15, 0.2) is 64.0 Å². The molecule has 3 aromatic rings. The maximum atomic E-state index is 5.98. The first kappa shape index (κ1) is 18.4. The summed E-state index contributed by atoms with van der Waals surface area (Å²) < 4.78 is 5.98. The molecule has 1 unspecified atom stereocenters. The lowest BCUT2D eigenvalue weighted by molar-refractivity contribution is 0.529. The van der Waals surface area contributed by atoms with Gasteiger partial charge in [-0.15, -0.1) is 0 Å². The number of guanidine groups is 1. The lowest BCUT2D eigenvalue weighted by Gasteiger charge is -2.19. The van der Waals surface area contributed by atoms with E-state index in [1.807, 2.05) is 25.2 Å². The van der Waals surface area contributed by atoms with Crippen molar-refractivity contribution >= 4 is 22.6 Å². The van der Waals surface area contributed by atoms with Gasteiger partial charge in [0.25, 0.3) is 0 Å². The standard InChI is InChI=1S/C23H28N4O/c1-17-20-10-6-7-11-21(20)28-22(17)15-26-23(24-2)25-14-18-12-13-27(16-18)19-8-4-3-5-9-19/h3-11,18H,12-16H2,1-2H3,(H2,24,25,26). The fourth-order valence-corrected chi connectivity index (χ4v) is 3.89. The fraction of sp³-hybridized carbons (Fsp3) is 0.348. The van der Waals surface area contributed by atoms with Crippen LogP contribution in [0.4, 0.5) is 5.69 Å². The van der Waals surface area contributed by atoms with Crippen molar-refractivity contribution in [2.45, 2.75) is 19.9 Å². The van der Waals surface area contributed by atoms with Gasteiger partial charge in [0.1, 0.15) is 11.3 Å². The average Bonchev–Trinajstić information content (AvgIpc) is 3.34. The van der Waals surface area contributed by atoms with Crippen LogP contribution in [0.2, 0.25) is 0 Å². The number of fused-ring (bicyclic) bond motifs is 1. The zero-order chi connectivity index (χ0) is 19.3. The Bertz CT molecular complexity index is 948. The number of para-hydroxylation sites is 2. The molecule has 146 valence electrons. The third-order valence-electron chi connectivity index (χ3n) is 5.55. The minimum Gasteiger partial charge on any atom is -0.459 e. The highest BCUT2D eigenvalue weighted by atomic mass is 16.3. The molecule has 1 aromatic heterocycles. The van der Waals surface area contributed by atoms with Crippen LogP contribution >= 0.6 is 0 Å². The molecule has 2 heterocycles. The highest BCUT2D eigenvalue weighted by molar-refractivity contribution is 5.83. The Morgan fingerprint density at radius 3 is 2.68 bits per heavy atom. The van der Waals surface area contributed by atoms with Crippen LogP contribution in [0.3, 0.4) is 0 Å². The van der Waals surface area contributed by atoms with Gasteiger partial charge in [0, 0.05) is 43.3 Å². The van der Waals surface area contributed by atoms with Crippen molar-refractivity contribution in [3.8, 4) is 0 Å². The monoisotopic (exact) mass is 376 g/mol. The maximum absolute atomic E-state index is 5.98. The first-order valence-electron chi connectivity index (χ1n) is 9.96. The molecular formula is C23H28N4O. The van der Waals surface area contributed by atoms with E-state index in [0.717, 1.165) is 36.9 Å². The molecule has 1 fully saturated rings. The summed E-state index contributed by atoms with van der Waals surface area (Å²) in [4.78, 5) is 6.82. The number of nitrogens with one attached hydrogen (secondary N) is 2. The second-order valence-electron chi connectivity index (χ2n) is 7.39. The number of furan rings is 1. The molecule has 1 atom stereocenters. The van der Waals surface area contributed by atoms with Crippen LogP contribution < -0.4 is 15.5 Å². The molecule has 0 spiro atoms. The van der Waals surface area contributed by atoms with E-state index < -0.39 is 0 Å². The Balaban J connectivity index is 1.29. The Morgan fingerprint density at radius 2 is 1.89 bits per heavy atom. The molecule has 0 saturated carbocycles. The van der Waals surface area contributed by atoms with E-state index in [9.17, 15) is 0 Å². The van der Waals surface area contributed by atoms with Crippen LogP contribution in [0.5, 0.6) is 0 Å². The summed E-state index contributed by atoms with van der Waals surface area (Å²) in [5.41, 5.74) is 3.44. The number of hydrogen-bond acceptors (Lipinski definition) is 3. The van der Waals surface area contributed by atoms with Gasteiger partial charge < -0.3 is 20.0 Å². The van der Waals surface area contributed by atoms with E-state index in [1.165, 1.54) is 23.1 Å². The maximum Gasteiger partial charge on any atom is 0.191 e. The number of aliphatic imine (C=N–C) groups is 1. The van der Waals surface area contributed by atoms with Gasteiger partial charge in [0.05, 0.1) is 6.54 Å². The normalized spacial score (nSPS) is 17.3. The summed E-state index contributed by atoms with van der Waals surface area (Å²) in [6.07, 6.45) is 1.20. The predicted molar refractivity (Wildman–Crippen MR) is 116 cm³/mol. The molecular weight excluding hydrogens is 348 g/mol. The van der Waals surface area contributed by atoms with Gasteiger partial charge in [-0.05, 0) is 37.5 Å². The molecule has 4 rings (SSSR count). The second-order valence-corrected chi connectivity index (χ2v) is 7.39. The van der Waals surface area contributed by atoms with Crippen LogP contribution in [0.1, 0.15) is 17.7 Å². The third-order valence-corrected chi connectivity index (χ3v) is 5.55. The molecule has 1 saturated heterocycles. The van der Waals surface area contributed by atoms with Gasteiger partial charge in [-0.3, -0.25) is 4.99 Å². The van der Waals surface area contributed by atoms with E-state index in [-0.39, 0.29) is 0 Å². The van der Waals surface area contributed by atoms with Crippen LogP contribution in [0.25, 0.3) is 11.0 Å². The molecule has 28 heavy (non-hydrogen) atoms. The van der Waals surface area contributed by atoms with E-state index in [0.29, 0.717) is 12.5 Å². The summed E-state index contributed by atoms with van der Waals surface area (Å²) >= 11 is 0. The molecule has 2 N–H and O–H groups in total. The molecule has 0 aliphatic carbocycles. The minimum absolute atomic E-state index is 0.617. The van der Waals surface area contributed by atoms with Gasteiger partial charge in [-0.25, -0.2) is 0 Å². The summed E-state index contributed by atoms with van der Waals surface area (Å²) in [6, 6.07) is 18.8. The average molecular weight is 377 g/mol. The fourth-order valence-electron chi connectivity index (χ4n) is 3.89. The third kappa shape index (κ3) is 3.98. The molecule has 5 nitrogen and oxygen atoms in total. The zero-order valence-electron chi connectivity index (χ0n) is 16.6. The van der Waals surface area contributed by atoms with Crippen molar-refractivity contribution in [3.05, 3.63) is 65.9 Å². The zero-order valence-corrected chi connectivity index (χ0v) is 16.6. The van der Waals surface area contributed by atoms with E-state index >= 15 is 0 Å². The molecule has 1 aliphatic heterocycles. The molecule has 0 radical (unpaired) electrons. The second kappa shape index (κ2) is 8.38. The Kier molecular flexibility index (Phi) is 5.51. The summed E-state index contributed by atoms with van der Waals surface area (Å²) in [5, 5.41) is 8.04. The summed E-state index contributed by atoms with van der Waals surface area (Å²) in [6.45, 7) is 5.84. The largest absolute Gasteiger partial charge is 0.459 e. The van der Waals surface area contributed by atoms with Crippen LogP contribution in [-0.2, 0) is 6.54 Å². The van der Waals surface area contributed by atoms with Crippen molar-refractivity contribution < 1.29 is 4.42 Å². The molecule has 1 aliphatic rings. The highest BCUT2D eigenvalue weighted by Crippen LogP contribution is 2.25. The van der Waals surface area contributed by atoms with E-state index in [4.69, 9.17) is 4.42 Å². The summed E-state index contributed by atoms with van der Waals surface area (Å²) in [7, 11) is 1.81. The number of hydrogen-bond donors (Lipinski definition) is 2. The molecule has 5 heteroatoms. The number of anilines is 1. The molecule has 0 bridgehead atoms. The van der Waals surface area contributed by atoms with Crippen LogP contribution in [0, 0.1) is 12.8 Å². The highest BCUT2D eigenvalue weighted by Gasteiger charge is 2.22. The predicted octanol–water partition coefficient (Wildman–Crippen LogP) is 3.93. The minimum atomic E-state index is 0.617. The summed E-state index contributed by atoms with van der Waals surface area (Å²) in [5.74, 6) is 2.39. The van der Waals surface area contributed by atoms with Crippen molar-refractivity contribution in [1.29, 1.82) is 0 Å². The van der Waals surface area contributed by atoms with Gasteiger partial charge in [0.15, 0.2) is 5.96 Å². The lowest BCUT2D eigenvalue weighted by atomic mass is 10.1. The number of rotatable bonds is 5. The van der Waals surface area contributed by atoms with Crippen molar-refractivity contribution in [2.75, 3.05) is 31.6 Å². The first-order chi connectivity index (χ1) is 13.7. The van der Waals surface area contributed by atoms with Crippen molar-refractivity contribution in [1.82, 2.24) is 10.6 Å². The Hall–Kier alpha value is -2.95. The number of benzene rings is 2. The number of nitrogens with zero attached hydrogens (tertiary/aromatic N) is 2.